The molecular weight excluding hydrogens is 433 g/mol. The molecule has 1 aromatic carbocycles. The van der Waals surface area contributed by atoms with Crippen molar-refractivity contribution in [1.82, 2.24) is 25.3 Å². The standard InChI is InChI=1S/C26H32FN5O2/c27-19-7-9-23-21(14-19)25(30-34-23)26-22-8-6-18(15-32(22)13-10-28-26)17-33-24-5-3-4-20(29-24)16-31-11-1-2-12-31/h3-5,7,9,14,18,22,26,28H,1-2,6,8,10-13,15-17H2. The number of hydrogen-bond donors (Lipinski definition) is 1. The molecule has 1 N–H and O–H groups in total. The lowest BCUT2D eigenvalue weighted by atomic mass is 9.86. The first-order chi connectivity index (χ1) is 16.7. The molecule has 7 nitrogen and oxygen atoms in total. The van der Waals surface area contributed by atoms with Gasteiger partial charge in [0.05, 0.1) is 18.3 Å². The minimum absolute atomic E-state index is 0.0441. The second kappa shape index (κ2) is 9.60. The quantitative estimate of drug-likeness (QED) is 0.595. The molecule has 3 fully saturated rings. The van der Waals surface area contributed by atoms with Gasteiger partial charge in [-0.2, -0.15) is 0 Å². The molecule has 180 valence electrons. The number of benzene rings is 1. The highest BCUT2D eigenvalue weighted by molar-refractivity contribution is 5.80. The highest BCUT2D eigenvalue weighted by Crippen LogP contribution is 2.35. The number of likely N-dealkylation sites (tertiary alicyclic amines) is 1. The number of nitrogens with zero attached hydrogens (tertiary/aromatic N) is 4. The van der Waals surface area contributed by atoms with E-state index in [0.29, 0.717) is 24.1 Å². The lowest BCUT2D eigenvalue weighted by molar-refractivity contribution is 0.0371. The topological polar surface area (TPSA) is 66.7 Å². The van der Waals surface area contributed by atoms with E-state index in [-0.39, 0.29) is 11.9 Å². The summed E-state index contributed by atoms with van der Waals surface area (Å²) < 4.78 is 25.5. The lowest BCUT2D eigenvalue weighted by Crippen LogP contribution is -2.57. The Morgan fingerprint density at radius 3 is 2.94 bits per heavy atom. The van der Waals surface area contributed by atoms with Crippen LogP contribution < -0.4 is 10.1 Å². The molecule has 3 aliphatic rings. The van der Waals surface area contributed by atoms with Gasteiger partial charge in [0.25, 0.3) is 0 Å². The summed E-state index contributed by atoms with van der Waals surface area (Å²) in [6, 6.07) is 11.1. The van der Waals surface area contributed by atoms with Crippen LogP contribution >= 0.6 is 0 Å². The van der Waals surface area contributed by atoms with Crippen molar-refractivity contribution < 1.29 is 13.7 Å². The zero-order valence-electron chi connectivity index (χ0n) is 19.5. The van der Waals surface area contributed by atoms with E-state index in [1.807, 2.05) is 6.07 Å². The normalized spacial score (nSPS) is 26.1. The first kappa shape index (κ1) is 21.9. The van der Waals surface area contributed by atoms with Crippen LogP contribution in [0.15, 0.2) is 40.9 Å². The molecule has 0 amide bonds. The molecule has 0 aliphatic carbocycles. The number of ether oxygens (including phenoxy) is 1. The maximum atomic E-state index is 13.9. The summed E-state index contributed by atoms with van der Waals surface area (Å²) in [5, 5.41) is 8.70. The molecule has 8 heteroatoms. The van der Waals surface area contributed by atoms with Crippen molar-refractivity contribution in [3.05, 3.63) is 53.6 Å². The number of nitrogens with one attached hydrogen (secondary N) is 1. The lowest BCUT2D eigenvalue weighted by Gasteiger charge is -2.46. The summed E-state index contributed by atoms with van der Waals surface area (Å²) in [5.41, 5.74) is 2.54. The van der Waals surface area contributed by atoms with Gasteiger partial charge in [0.15, 0.2) is 5.58 Å². The van der Waals surface area contributed by atoms with Crippen molar-refractivity contribution >= 4 is 11.0 Å². The van der Waals surface area contributed by atoms with Gasteiger partial charge in [-0.1, -0.05) is 11.2 Å². The molecule has 3 saturated heterocycles. The highest BCUT2D eigenvalue weighted by Gasteiger charge is 2.39. The molecule has 3 unspecified atom stereocenters. The maximum Gasteiger partial charge on any atom is 0.213 e. The van der Waals surface area contributed by atoms with Crippen LogP contribution in [0.1, 0.15) is 43.1 Å². The Balaban J connectivity index is 1.08. The van der Waals surface area contributed by atoms with E-state index in [4.69, 9.17) is 14.2 Å². The average molecular weight is 466 g/mol. The predicted molar refractivity (Wildman–Crippen MR) is 127 cm³/mol. The monoisotopic (exact) mass is 465 g/mol. The van der Waals surface area contributed by atoms with E-state index in [1.54, 1.807) is 6.07 Å². The van der Waals surface area contributed by atoms with Crippen molar-refractivity contribution in [1.29, 1.82) is 0 Å². The number of rotatable bonds is 6. The van der Waals surface area contributed by atoms with Crippen molar-refractivity contribution in [2.75, 3.05) is 39.3 Å². The van der Waals surface area contributed by atoms with Crippen LogP contribution in [0, 0.1) is 11.7 Å². The van der Waals surface area contributed by atoms with Crippen molar-refractivity contribution in [2.45, 2.75) is 44.3 Å². The molecule has 0 saturated carbocycles. The summed E-state index contributed by atoms with van der Waals surface area (Å²) in [4.78, 5) is 9.74. The van der Waals surface area contributed by atoms with Gasteiger partial charge >= 0.3 is 0 Å². The van der Waals surface area contributed by atoms with Gasteiger partial charge in [0.1, 0.15) is 11.5 Å². The smallest absolute Gasteiger partial charge is 0.213 e. The van der Waals surface area contributed by atoms with Gasteiger partial charge in [-0.15, -0.1) is 0 Å². The minimum Gasteiger partial charge on any atom is -0.477 e. The Hall–Kier alpha value is -2.55. The average Bonchev–Trinajstić information content (AvgIpc) is 3.52. The third kappa shape index (κ3) is 4.54. The third-order valence-corrected chi connectivity index (χ3v) is 7.57. The van der Waals surface area contributed by atoms with E-state index in [1.165, 1.54) is 38.1 Å². The number of aromatic nitrogens is 2. The summed E-state index contributed by atoms with van der Waals surface area (Å²) in [6.07, 6.45) is 4.69. The number of pyridine rings is 1. The van der Waals surface area contributed by atoms with Crippen LogP contribution in [0.25, 0.3) is 11.0 Å². The van der Waals surface area contributed by atoms with E-state index < -0.39 is 0 Å². The largest absolute Gasteiger partial charge is 0.477 e. The van der Waals surface area contributed by atoms with E-state index in [9.17, 15) is 4.39 Å². The van der Waals surface area contributed by atoms with Crippen LogP contribution in [0.4, 0.5) is 4.39 Å². The SMILES string of the molecule is Fc1ccc2onc(C3NCCN4CC(COc5cccc(CN6CCCC6)n5)CCC34)c2c1. The van der Waals surface area contributed by atoms with Gasteiger partial charge in [-0.25, -0.2) is 9.37 Å². The number of halogens is 1. The van der Waals surface area contributed by atoms with Gasteiger partial charge in [0, 0.05) is 49.6 Å². The molecule has 3 aromatic rings. The van der Waals surface area contributed by atoms with Gasteiger partial charge in [-0.3, -0.25) is 9.80 Å². The summed E-state index contributed by atoms with van der Waals surface area (Å²) >= 11 is 0. The fourth-order valence-electron chi connectivity index (χ4n) is 5.85. The van der Waals surface area contributed by atoms with E-state index in [0.717, 1.165) is 61.7 Å². The van der Waals surface area contributed by atoms with Gasteiger partial charge in [-0.05, 0) is 63.0 Å². The van der Waals surface area contributed by atoms with Crippen molar-refractivity contribution in [3.63, 3.8) is 0 Å². The third-order valence-electron chi connectivity index (χ3n) is 7.57. The number of hydrogen-bond acceptors (Lipinski definition) is 7. The second-order valence-corrected chi connectivity index (χ2v) is 9.91. The Labute approximate surface area is 199 Å². The molecule has 3 aliphatic heterocycles. The van der Waals surface area contributed by atoms with E-state index >= 15 is 0 Å². The molecule has 2 aromatic heterocycles. The summed E-state index contributed by atoms with van der Waals surface area (Å²) in [5.74, 6) is 0.933. The molecule has 0 spiro atoms. The molecular formula is C26H32FN5O2. The van der Waals surface area contributed by atoms with Crippen LogP contribution in [-0.2, 0) is 6.54 Å². The van der Waals surface area contributed by atoms with Crippen molar-refractivity contribution in [2.24, 2.45) is 5.92 Å². The maximum absolute atomic E-state index is 13.9. The van der Waals surface area contributed by atoms with Gasteiger partial charge < -0.3 is 14.6 Å². The predicted octanol–water partition coefficient (Wildman–Crippen LogP) is 3.76. The molecule has 34 heavy (non-hydrogen) atoms. The molecule has 5 heterocycles. The second-order valence-electron chi connectivity index (χ2n) is 9.91. The van der Waals surface area contributed by atoms with Crippen LogP contribution in [0.2, 0.25) is 0 Å². The van der Waals surface area contributed by atoms with Crippen LogP contribution in [0.3, 0.4) is 0 Å². The minimum atomic E-state index is -0.261. The Bertz CT molecular complexity index is 1130. The highest BCUT2D eigenvalue weighted by atomic mass is 19.1. The van der Waals surface area contributed by atoms with Gasteiger partial charge in [0.2, 0.25) is 5.88 Å². The summed E-state index contributed by atoms with van der Waals surface area (Å²) in [7, 11) is 0. The molecule has 0 bridgehead atoms. The Morgan fingerprint density at radius 1 is 1.12 bits per heavy atom. The van der Waals surface area contributed by atoms with Crippen molar-refractivity contribution in [3.8, 4) is 5.88 Å². The van der Waals surface area contributed by atoms with E-state index in [2.05, 4.69) is 32.4 Å². The van der Waals surface area contributed by atoms with Crippen LogP contribution in [-0.4, -0.2) is 65.3 Å². The summed E-state index contributed by atoms with van der Waals surface area (Å²) in [6.45, 7) is 6.77. The number of piperidine rings is 1. The zero-order chi connectivity index (χ0) is 22.9. The molecule has 3 atom stereocenters. The molecule has 6 rings (SSSR count). The fraction of sp³-hybridized carbons (Fsp3) is 0.538. The Kier molecular flexibility index (Phi) is 6.20. The number of fused-ring (bicyclic) bond motifs is 2. The fourth-order valence-corrected chi connectivity index (χ4v) is 5.85. The zero-order valence-corrected chi connectivity index (χ0v) is 19.5. The first-order valence-corrected chi connectivity index (χ1v) is 12.6. The number of piperazine rings is 1. The molecule has 0 radical (unpaired) electrons. The first-order valence-electron chi connectivity index (χ1n) is 12.6. The van der Waals surface area contributed by atoms with Crippen LogP contribution in [0.5, 0.6) is 5.88 Å². The Morgan fingerprint density at radius 2 is 2.03 bits per heavy atom.